The van der Waals surface area contributed by atoms with Gasteiger partial charge in [-0.15, -0.1) is 0 Å². The Bertz CT molecular complexity index is 253. The summed E-state index contributed by atoms with van der Waals surface area (Å²) in [5.41, 5.74) is 0. The fraction of sp³-hybridized carbons (Fsp3) is 0.750. The molecule has 1 saturated heterocycles. The lowest BCUT2D eigenvalue weighted by Crippen LogP contribution is -2.54. The molecular weight excluding hydrogens is 182 g/mol. The Balaban J connectivity index is 2.48. The maximum absolute atomic E-state index is 10.2. The lowest BCUT2D eigenvalue weighted by Gasteiger charge is -2.18. The highest BCUT2D eigenvalue weighted by Crippen LogP contribution is 1.91. The second-order valence-electron chi connectivity index (χ2n) is 2.39. The van der Waals surface area contributed by atoms with E-state index >= 15 is 0 Å². The van der Waals surface area contributed by atoms with Crippen molar-refractivity contribution >= 4 is 5.96 Å². The Morgan fingerprint density at radius 1 is 1.31 bits per heavy atom. The van der Waals surface area contributed by atoms with Crippen LogP contribution in [0, 0.1) is 20.2 Å². The summed E-state index contributed by atoms with van der Waals surface area (Å²) in [6.07, 6.45) is 0. The van der Waals surface area contributed by atoms with Crippen LogP contribution in [0.15, 0.2) is 5.10 Å². The van der Waals surface area contributed by atoms with Gasteiger partial charge in [-0.05, 0) is 0 Å². The summed E-state index contributed by atoms with van der Waals surface area (Å²) in [7, 11) is 0. The molecule has 0 bridgehead atoms. The fourth-order valence-corrected chi connectivity index (χ4v) is 0.865. The number of hydrogen-bond donors (Lipinski definition) is 2. The van der Waals surface area contributed by atoms with Crippen molar-refractivity contribution in [3.05, 3.63) is 20.2 Å². The summed E-state index contributed by atoms with van der Waals surface area (Å²) in [6.45, 7) is 0.0966. The first-order valence-corrected chi connectivity index (χ1v) is 3.44. The van der Waals surface area contributed by atoms with Crippen LogP contribution in [-0.2, 0) is 0 Å². The van der Waals surface area contributed by atoms with E-state index in [-0.39, 0.29) is 19.0 Å². The molecule has 2 N–H and O–H groups in total. The average Bonchev–Trinajstić information content (AvgIpc) is 2.04. The Morgan fingerprint density at radius 2 is 1.85 bits per heavy atom. The molecule has 72 valence electrons. The summed E-state index contributed by atoms with van der Waals surface area (Å²) < 4.78 is 0. The Hall–Kier alpha value is -1.93. The number of guanidine groups is 1. The normalized spacial score (nSPS) is 21.2. The van der Waals surface area contributed by atoms with Crippen molar-refractivity contribution in [2.24, 2.45) is 5.10 Å². The SMILES string of the molecule is O=[N+]([O-])N=C1NCC([N+](=O)[O-])CN1. The van der Waals surface area contributed by atoms with Gasteiger partial charge < -0.3 is 10.6 Å². The molecule has 0 aliphatic carbocycles. The smallest absolute Gasteiger partial charge is 0.269 e. The maximum atomic E-state index is 10.2. The van der Waals surface area contributed by atoms with Gasteiger partial charge in [0.25, 0.3) is 5.96 Å². The summed E-state index contributed by atoms with van der Waals surface area (Å²) >= 11 is 0. The van der Waals surface area contributed by atoms with Gasteiger partial charge in [-0.25, -0.2) is 10.1 Å². The van der Waals surface area contributed by atoms with Crippen molar-refractivity contribution in [2.75, 3.05) is 13.1 Å². The number of hydrazone groups is 1. The van der Waals surface area contributed by atoms with Crippen LogP contribution in [-0.4, -0.2) is 35.0 Å². The third kappa shape index (κ3) is 2.54. The van der Waals surface area contributed by atoms with Gasteiger partial charge >= 0.3 is 0 Å². The predicted molar refractivity (Wildman–Crippen MR) is 41.2 cm³/mol. The number of hydrogen-bond acceptors (Lipinski definition) is 4. The maximum Gasteiger partial charge on any atom is 0.269 e. The first-order chi connectivity index (χ1) is 6.09. The van der Waals surface area contributed by atoms with Gasteiger partial charge in [-0.2, -0.15) is 0 Å². The van der Waals surface area contributed by atoms with Crippen LogP contribution in [0.4, 0.5) is 0 Å². The van der Waals surface area contributed by atoms with E-state index in [4.69, 9.17) is 0 Å². The third-order valence-electron chi connectivity index (χ3n) is 1.49. The molecule has 1 aliphatic rings. The van der Waals surface area contributed by atoms with Crippen molar-refractivity contribution in [1.82, 2.24) is 10.6 Å². The van der Waals surface area contributed by atoms with Gasteiger partial charge in [0.05, 0.1) is 13.1 Å². The largest absolute Gasteiger partial charge is 0.344 e. The van der Waals surface area contributed by atoms with Crippen molar-refractivity contribution in [1.29, 1.82) is 0 Å². The number of nitro groups is 2. The quantitative estimate of drug-likeness (QED) is 0.397. The van der Waals surface area contributed by atoms with Crippen LogP contribution in [0.2, 0.25) is 0 Å². The van der Waals surface area contributed by atoms with Crippen LogP contribution in [0.25, 0.3) is 0 Å². The Kier molecular flexibility index (Phi) is 2.57. The van der Waals surface area contributed by atoms with E-state index < -0.39 is 16.0 Å². The minimum Gasteiger partial charge on any atom is -0.344 e. The van der Waals surface area contributed by atoms with Crippen LogP contribution in [0.1, 0.15) is 0 Å². The minimum atomic E-state index is -0.873. The zero-order chi connectivity index (χ0) is 9.84. The third-order valence-corrected chi connectivity index (χ3v) is 1.49. The number of nitrogens with one attached hydrogen (secondary N) is 2. The van der Waals surface area contributed by atoms with E-state index in [1.165, 1.54) is 0 Å². The zero-order valence-corrected chi connectivity index (χ0v) is 6.47. The van der Waals surface area contributed by atoms with Gasteiger partial charge in [-0.3, -0.25) is 10.1 Å². The molecule has 0 radical (unpaired) electrons. The second-order valence-corrected chi connectivity index (χ2v) is 2.39. The fourth-order valence-electron chi connectivity index (χ4n) is 0.865. The van der Waals surface area contributed by atoms with E-state index in [1.807, 2.05) is 0 Å². The Morgan fingerprint density at radius 3 is 2.23 bits per heavy atom. The topological polar surface area (TPSA) is 123 Å². The van der Waals surface area contributed by atoms with Crippen LogP contribution < -0.4 is 10.6 Å². The standard InChI is InChI=1S/C4H7N5O4/c10-8(11)3-1-5-4(6-2-3)7-9(12)13/h3H,1-2H2,(H2,5,6,7). The first-order valence-electron chi connectivity index (χ1n) is 3.44. The van der Waals surface area contributed by atoms with Crippen LogP contribution in [0.3, 0.4) is 0 Å². The molecule has 0 amide bonds. The highest BCUT2D eigenvalue weighted by molar-refractivity contribution is 5.79. The van der Waals surface area contributed by atoms with Gasteiger partial charge in [0, 0.05) is 4.92 Å². The van der Waals surface area contributed by atoms with E-state index in [1.54, 1.807) is 0 Å². The number of nitrogens with zero attached hydrogens (tertiary/aromatic N) is 3. The van der Waals surface area contributed by atoms with Crippen LogP contribution >= 0.6 is 0 Å². The molecule has 0 unspecified atom stereocenters. The summed E-state index contributed by atoms with van der Waals surface area (Å²) in [6, 6.07) is -0.772. The van der Waals surface area contributed by atoms with Crippen molar-refractivity contribution in [3.63, 3.8) is 0 Å². The second kappa shape index (κ2) is 3.65. The summed E-state index contributed by atoms with van der Waals surface area (Å²) in [5.74, 6) is -0.0388. The molecule has 1 heterocycles. The van der Waals surface area contributed by atoms with Gasteiger partial charge in [0.15, 0.2) is 5.03 Å². The molecule has 13 heavy (non-hydrogen) atoms. The molecule has 1 fully saturated rings. The molecule has 1 aliphatic heterocycles. The predicted octanol–water partition coefficient (Wildman–Crippen LogP) is -1.63. The van der Waals surface area contributed by atoms with Gasteiger partial charge in [0.2, 0.25) is 6.04 Å². The highest BCUT2D eigenvalue weighted by Gasteiger charge is 2.26. The van der Waals surface area contributed by atoms with Crippen molar-refractivity contribution in [2.45, 2.75) is 6.04 Å². The molecule has 0 aromatic heterocycles. The van der Waals surface area contributed by atoms with E-state index in [0.717, 1.165) is 0 Å². The minimum absolute atomic E-state index is 0.0388. The molecule has 0 saturated carbocycles. The van der Waals surface area contributed by atoms with E-state index in [2.05, 4.69) is 15.7 Å². The molecule has 0 aromatic rings. The van der Waals surface area contributed by atoms with Crippen LogP contribution in [0.5, 0.6) is 0 Å². The average molecular weight is 189 g/mol. The monoisotopic (exact) mass is 189 g/mol. The summed E-state index contributed by atoms with van der Waals surface area (Å²) in [4.78, 5) is 19.7. The first kappa shape index (κ1) is 9.16. The molecule has 0 aromatic carbocycles. The molecule has 0 spiro atoms. The molecule has 9 heteroatoms. The molecular formula is C4H7N5O4. The highest BCUT2D eigenvalue weighted by atomic mass is 16.7. The lowest BCUT2D eigenvalue weighted by molar-refractivity contribution is -0.518. The molecule has 1 rings (SSSR count). The molecule has 0 atom stereocenters. The lowest BCUT2D eigenvalue weighted by atomic mass is 10.3. The van der Waals surface area contributed by atoms with E-state index in [9.17, 15) is 20.2 Å². The van der Waals surface area contributed by atoms with Gasteiger partial charge in [-0.1, -0.05) is 0 Å². The van der Waals surface area contributed by atoms with Crippen molar-refractivity contribution in [3.8, 4) is 0 Å². The van der Waals surface area contributed by atoms with Crippen molar-refractivity contribution < 1.29 is 9.96 Å². The molecule has 9 nitrogen and oxygen atoms in total. The van der Waals surface area contributed by atoms with E-state index in [0.29, 0.717) is 0 Å². The zero-order valence-electron chi connectivity index (χ0n) is 6.47. The summed E-state index contributed by atoms with van der Waals surface area (Å²) in [5, 5.41) is 27.0. The Labute approximate surface area is 72.1 Å². The number of rotatable bonds is 2. The van der Waals surface area contributed by atoms with Gasteiger partial charge in [0.1, 0.15) is 5.10 Å².